The fraction of sp³-hybridized carbons (Fsp3) is 0.261. The molecule has 0 saturated carbocycles. The highest BCUT2D eigenvalue weighted by molar-refractivity contribution is 5.84. The van der Waals surface area contributed by atoms with Crippen molar-refractivity contribution in [2.75, 3.05) is 6.61 Å². The molecule has 0 unspecified atom stereocenters. The van der Waals surface area contributed by atoms with E-state index in [2.05, 4.69) is 5.32 Å². The summed E-state index contributed by atoms with van der Waals surface area (Å²) in [5, 5.41) is 5.23. The van der Waals surface area contributed by atoms with Crippen molar-refractivity contribution in [2.45, 2.75) is 32.9 Å². The zero-order valence-electron chi connectivity index (χ0n) is 15.9. The molecule has 4 heteroatoms. The summed E-state index contributed by atoms with van der Waals surface area (Å²) >= 11 is 0. The second kappa shape index (κ2) is 8.58. The van der Waals surface area contributed by atoms with Crippen LogP contribution in [0.25, 0.3) is 10.8 Å². The van der Waals surface area contributed by atoms with Gasteiger partial charge in [0.2, 0.25) is 0 Å². The van der Waals surface area contributed by atoms with Crippen LogP contribution >= 0.6 is 0 Å². The van der Waals surface area contributed by atoms with Crippen LogP contribution < -0.4 is 14.8 Å². The molecule has 140 valence electrons. The number of fused-ring (bicyclic) bond motifs is 1. The van der Waals surface area contributed by atoms with Gasteiger partial charge in [-0.2, -0.15) is 0 Å². The van der Waals surface area contributed by atoms with Gasteiger partial charge < -0.3 is 14.8 Å². The third-order valence-electron chi connectivity index (χ3n) is 4.45. The first-order chi connectivity index (χ1) is 13.1. The number of benzene rings is 3. The van der Waals surface area contributed by atoms with E-state index in [-0.39, 0.29) is 11.9 Å². The van der Waals surface area contributed by atoms with Gasteiger partial charge in [0, 0.05) is 0 Å². The van der Waals surface area contributed by atoms with Crippen molar-refractivity contribution < 1.29 is 14.3 Å². The lowest BCUT2D eigenvalue weighted by atomic mass is 10.1. The predicted octanol–water partition coefficient (Wildman–Crippen LogP) is 4.88. The summed E-state index contributed by atoms with van der Waals surface area (Å²) in [4.78, 5) is 12.5. The largest absolute Gasteiger partial charge is 0.494 e. The average Bonchev–Trinajstić information content (AvgIpc) is 2.68. The summed E-state index contributed by atoms with van der Waals surface area (Å²) in [7, 11) is 0. The van der Waals surface area contributed by atoms with Crippen molar-refractivity contribution in [3.05, 3.63) is 72.3 Å². The van der Waals surface area contributed by atoms with Crippen LogP contribution in [-0.4, -0.2) is 18.6 Å². The number of rotatable bonds is 7. The van der Waals surface area contributed by atoms with Gasteiger partial charge >= 0.3 is 0 Å². The molecule has 0 heterocycles. The Bertz CT molecular complexity index is 905. The average molecular weight is 363 g/mol. The van der Waals surface area contributed by atoms with Gasteiger partial charge in [0.05, 0.1) is 12.6 Å². The van der Waals surface area contributed by atoms with E-state index in [0.717, 1.165) is 22.1 Å². The normalized spacial score (nSPS) is 13.0. The molecular formula is C23H25NO3. The highest BCUT2D eigenvalue weighted by atomic mass is 16.5. The minimum absolute atomic E-state index is 0.115. The van der Waals surface area contributed by atoms with Gasteiger partial charge in [-0.3, -0.25) is 4.79 Å². The molecule has 27 heavy (non-hydrogen) atoms. The molecule has 0 aliphatic heterocycles. The van der Waals surface area contributed by atoms with Crippen LogP contribution in [0.4, 0.5) is 0 Å². The van der Waals surface area contributed by atoms with Gasteiger partial charge in [-0.15, -0.1) is 0 Å². The minimum Gasteiger partial charge on any atom is -0.494 e. The molecule has 0 bridgehead atoms. The Balaban J connectivity index is 1.60. The Morgan fingerprint density at radius 1 is 0.926 bits per heavy atom. The van der Waals surface area contributed by atoms with Crippen LogP contribution in [0.1, 0.15) is 32.4 Å². The quantitative estimate of drug-likeness (QED) is 0.650. The van der Waals surface area contributed by atoms with Gasteiger partial charge in [0.1, 0.15) is 11.5 Å². The van der Waals surface area contributed by atoms with E-state index in [0.29, 0.717) is 12.4 Å². The van der Waals surface area contributed by atoms with Gasteiger partial charge in [-0.05, 0) is 61.4 Å². The molecule has 1 N–H and O–H groups in total. The van der Waals surface area contributed by atoms with Crippen LogP contribution in [0, 0.1) is 0 Å². The van der Waals surface area contributed by atoms with Crippen molar-refractivity contribution >= 4 is 16.7 Å². The van der Waals surface area contributed by atoms with Crippen molar-refractivity contribution in [1.29, 1.82) is 0 Å². The van der Waals surface area contributed by atoms with Crippen molar-refractivity contribution in [2.24, 2.45) is 0 Å². The topological polar surface area (TPSA) is 47.6 Å². The highest BCUT2D eigenvalue weighted by Gasteiger charge is 2.18. The number of hydrogen-bond donors (Lipinski definition) is 1. The summed E-state index contributed by atoms with van der Waals surface area (Å²) < 4.78 is 11.3. The first kappa shape index (κ1) is 18.8. The molecule has 3 aromatic carbocycles. The second-order valence-corrected chi connectivity index (χ2v) is 6.50. The molecule has 0 saturated heterocycles. The molecule has 3 rings (SSSR count). The molecule has 1 amide bonds. The van der Waals surface area contributed by atoms with E-state index in [1.54, 1.807) is 6.92 Å². The van der Waals surface area contributed by atoms with E-state index >= 15 is 0 Å². The van der Waals surface area contributed by atoms with Crippen molar-refractivity contribution in [1.82, 2.24) is 5.32 Å². The molecule has 0 aliphatic carbocycles. The Morgan fingerprint density at radius 2 is 1.59 bits per heavy atom. The van der Waals surface area contributed by atoms with E-state index < -0.39 is 6.10 Å². The molecule has 4 nitrogen and oxygen atoms in total. The van der Waals surface area contributed by atoms with E-state index in [1.807, 2.05) is 80.6 Å². The zero-order valence-corrected chi connectivity index (χ0v) is 15.9. The Labute approximate surface area is 160 Å². The van der Waals surface area contributed by atoms with Crippen molar-refractivity contribution in [3.8, 4) is 11.5 Å². The fourth-order valence-electron chi connectivity index (χ4n) is 2.93. The molecule has 0 spiro atoms. The molecule has 0 aliphatic rings. The predicted molar refractivity (Wildman–Crippen MR) is 108 cm³/mol. The lowest BCUT2D eigenvalue weighted by Gasteiger charge is -2.19. The number of carbonyl (C=O) groups excluding carboxylic acids is 1. The highest BCUT2D eigenvalue weighted by Crippen LogP contribution is 2.22. The smallest absolute Gasteiger partial charge is 0.261 e. The summed E-state index contributed by atoms with van der Waals surface area (Å²) in [6.07, 6.45) is -0.587. The van der Waals surface area contributed by atoms with Gasteiger partial charge in [-0.1, -0.05) is 42.5 Å². The summed E-state index contributed by atoms with van der Waals surface area (Å²) in [5.41, 5.74) is 1.02. The SMILES string of the molecule is CCOc1ccc([C@H](C)NC(=O)[C@H](C)Oc2ccc3ccccc3c2)cc1. The fourth-order valence-corrected chi connectivity index (χ4v) is 2.93. The number of ether oxygens (including phenoxy) is 2. The van der Waals surface area contributed by atoms with Crippen LogP contribution in [0.15, 0.2) is 66.7 Å². The Kier molecular flexibility index (Phi) is 5.97. The van der Waals surface area contributed by atoms with E-state index in [9.17, 15) is 4.79 Å². The van der Waals surface area contributed by atoms with Crippen LogP contribution in [-0.2, 0) is 4.79 Å². The third kappa shape index (κ3) is 4.79. The first-order valence-electron chi connectivity index (χ1n) is 9.25. The lowest BCUT2D eigenvalue weighted by molar-refractivity contribution is -0.127. The maximum Gasteiger partial charge on any atom is 0.261 e. The summed E-state index contributed by atoms with van der Waals surface area (Å²) in [6, 6.07) is 21.5. The number of nitrogens with one attached hydrogen (secondary N) is 1. The molecule has 0 aromatic heterocycles. The Hall–Kier alpha value is -3.01. The molecule has 2 atom stereocenters. The standard InChI is InChI=1S/C23H25NO3/c1-4-26-21-12-9-18(10-13-21)16(2)24-23(25)17(3)27-22-14-11-19-7-5-6-8-20(19)15-22/h5-17H,4H2,1-3H3,(H,24,25)/t16-,17-/m0/s1. The van der Waals surface area contributed by atoms with Crippen molar-refractivity contribution in [3.63, 3.8) is 0 Å². The Morgan fingerprint density at radius 3 is 2.30 bits per heavy atom. The monoisotopic (exact) mass is 363 g/mol. The number of hydrogen-bond acceptors (Lipinski definition) is 3. The van der Waals surface area contributed by atoms with E-state index in [1.165, 1.54) is 0 Å². The zero-order chi connectivity index (χ0) is 19.2. The third-order valence-corrected chi connectivity index (χ3v) is 4.45. The van der Waals surface area contributed by atoms with Gasteiger partial charge in [-0.25, -0.2) is 0 Å². The minimum atomic E-state index is -0.587. The number of carbonyl (C=O) groups is 1. The first-order valence-corrected chi connectivity index (χ1v) is 9.25. The van der Waals surface area contributed by atoms with Crippen LogP contribution in [0.5, 0.6) is 11.5 Å². The maximum absolute atomic E-state index is 12.5. The molecule has 3 aromatic rings. The summed E-state index contributed by atoms with van der Waals surface area (Å²) in [5.74, 6) is 1.36. The van der Waals surface area contributed by atoms with Gasteiger partial charge in [0.15, 0.2) is 6.10 Å². The van der Waals surface area contributed by atoms with E-state index in [4.69, 9.17) is 9.47 Å². The number of amides is 1. The van der Waals surface area contributed by atoms with Crippen LogP contribution in [0.3, 0.4) is 0 Å². The van der Waals surface area contributed by atoms with Crippen LogP contribution in [0.2, 0.25) is 0 Å². The maximum atomic E-state index is 12.5. The summed E-state index contributed by atoms with van der Waals surface area (Å²) in [6.45, 7) is 6.30. The molecule has 0 fully saturated rings. The second-order valence-electron chi connectivity index (χ2n) is 6.50. The van der Waals surface area contributed by atoms with Gasteiger partial charge in [0.25, 0.3) is 5.91 Å². The lowest BCUT2D eigenvalue weighted by Crippen LogP contribution is -2.37. The molecular weight excluding hydrogens is 338 g/mol. The molecule has 0 radical (unpaired) electrons.